The summed E-state index contributed by atoms with van der Waals surface area (Å²) in [6.45, 7) is 0.993. The molecule has 1 aliphatic rings. The van der Waals surface area contributed by atoms with Crippen molar-refractivity contribution >= 4 is 17.3 Å². The number of aromatic amines is 1. The van der Waals surface area contributed by atoms with E-state index in [1.165, 1.54) is 12.1 Å². The van der Waals surface area contributed by atoms with Crippen molar-refractivity contribution in [1.82, 2.24) is 15.3 Å². The van der Waals surface area contributed by atoms with Crippen LogP contribution in [0.25, 0.3) is 11.3 Å². The van der Waals surface area contributed by atoms with E-state index in [9.17, 15) is 10.1 Å². The number of aromatic nitrogens is 2. The average Bonchev–Trinajstić information content (AvgIpc) is 3.09. The van der Waals surface area contributed by atoms with E-state index in [1.807, 2.05) is 0 Å². The van der Waals surface area contributed by atoms with Crippen molar-refractivity contribution in [3.63, 3.8) is 0 Å². The number of H-pyrrole nitrogens is 1. The summed E-state index contributed by atoms with van der Waals surface area (Å²) in [4.78, 5) is 18.0. The lowest BCUT2D eigenvalue weighted by Crippen LogP contribution is -2.14. The SMILES string of the molecule is O=[N+]([O-])c1cc(-c2cnc(C3CCCN3)[nH]2)ccc1Cl. The number of hydrogen-bond acceptors (Lipinski definition) is 4. The molecule has 1 aromatic heterocycles. The van der Waals surface area contributed by atoms with Crippen molar-refractivity contribution in [2.24, 2.45) is 0 Å². The molecule has 2 aromatic rings. The first-order valence-electron chi connectivity index (χ1n) is 6.38. The van der Waals surface area contributed by atoms with Crippen LogP contribution in [0.15, 0.2) is 24.4 Å². The van der Waals surface area contributed by atoms with Gasteiger partial charge in [-0.25, -0.2) is 4.98 Å². The molecule has 104 valence electrons. The van der Waals surface area contributed by atoms with Crippen LogP contribution in [0.3, 0.4) is 0 Å². The summed E-state index contributed by atoms with van der Waals surface area (Å²) in [5, 5.41) is 14.4. The summed E-state index contributed by atoms with van der Waals surface area (Å²) in [7, 11) is 0. The molecule has 20 heavy (non-hydrogen) atoms. The number of nitro benzene ring substituents is 1. The van der Waals surface area contributed by atoms with Gasteiger partial charge in [0.05, 0.1) is 22.9 Å². The highest BCUT2D eigenvalue weighted by atomic mass is 35.5. The van der Waals surface area contributed by atoms with Crippen molar-refractivity contribution in [3.05, 3.63) is 45.4 Å². The van der Waals surface area contributed by atoms with Crippen molar-refractivity contribution in [2.45, 2.75) is 18.9 Å². The van der Waals surface area contributed by atoms with Crippen LogP contribution in [0.4, 0.5) is 5.69 Å². The van der Waals surface area contributed by atoms with E-state index >= 15 is 0 Å². The van der Waals surface area contributed by atoms with E-state index in [4.69, 9.17) is 11.6 Å². The Morgan fingerprint density at radius 2 is 2.30 bits per heavy atom. The quantitative estimate of drug-likeness (QED) is 0.672. The molecular formula is C13H13ClN4O2. The minimum atomic E-state index is -0.484. The fourth-order valence-corrected chi connectivity index (χ4v) is 2.59. The van der Waals surface area contributed by atoms with Gasteiger partial charge in [-0.05, 0) is 25.5 Å². The summed E-state index contributed by atoms with van der Waals surface area (Å²) < 4.78 is 0. The van der Waals surface area contributed by atoms with Crippen LogP contribution in [-0.4, -0.2) is 21.4 Å². The standard InChI is InChI=1S/C13H13ClN4O2/c14-9-4-3-8(6-12(9)18(19)20)11-7-16-13(17-11)10-2-1-5-15-10/h3-4,6-7,10,15H,1-2,5H2,(H,16,17). The zero-order valence-corrected chi connectivity index (χ0v) is 11.4. The molecule has 0 aliphatic carbocycles. The maximum Gasteiger partial charge on any atom is 0.288 e. The number of benzene rings is 1. The fourth-order valence-electron chi connectivity index (χ4n) is 2.40. The number of hydrogen-bond donors (Lipinski definition) is 2. The third kappa shape index (κ3) is 2.39. The molecule has 3 rings (SSSR count). The number of rotatable bonds is 3. The summed E-state index contributed by atoms with van der Waals surface area (Å²) >= 11 is 5.81. The van der Waals surface area contributed by atoms with E-state index in [0.717, 1.165) is 30.9 Å². The first-order valence-corrected chi connectivity index (χ1v) is 6.75. The monoisotopic (exact) mass is 292 g/mol. The van der Waals surface area contributed by atoms with Crippen LogP contribution < -0.4 is 5.32 Å². The molecule has 1 aliphatic heterocycles. The van der Waals surface area contributed by atoms with Gasteiger partial charge in [0.2, 0.25) is 0 Å². The molecule has 1 saturated heterocycles. The lowest BCUT2D eigenvalue weighted by Gasteiger charge is -2.05. The zero-order chi connectivity index (χ0) is 14.1. The van der Waals surface area contributed by atoms with Crippen LogP contribution in [0, 0.1) is 10.1 Å². The van der Waals surface area contributed by atoms with Crippen LogP contribution in [-0.2, 0) is 0 Å². The Morgan fingerprint density at radius 3 is 3.00 bits per heavy atom. The molecule has 0 radical (unpaired) electrons. The Balaban J connectivity index is 1.93. The largest absolute Gasteiger partial charge is 0.341 e. The highest BCUT2D eigenvalue weighted by molar-refractivity contribution is 6.32. The molecule has 7 heteroatoms. The van der Waals surface area contributed by atoms with Gasteiger partial charge in [0.15, 0.2) is 0 Å². The lowest BCUT2D eigenvalue weighted by atomic mass is 10.1. The number of nitrogens with one attached hydrogen (secondary N) is 2. The van der Waals surface area contributed by atoms with Gasteiger partial charge in [-0.1, -0.05) is 17.7 Å². The van der Waals surface area contributed by atoms with Crippen molar-refractivity contribution in [3.8, 4) is 11.3 Å². The average molecular weight is 293 g/mol. The lowest BCUT2D eigenvalue weighted by molar-refractivity contribution is -0.384. The second kappa shape index (κ2) is 5.22. The number of imidazole rings is 1. The van der Waals surface area contributed by atoms with Gasteiger partial charge in [-0.3, -0.25) is 10.1 Å². The number of nitro groups is 1. The van der Waals surface area contributed by atoms with E-state index in [0.29, 0.717) is 5.56 Å². The molecule has 1 fully saturated rings. The van der Waals surface area contributed by atoms with Crippen LogP contribution >= 0.6 is 11.6 Å². The summed E-state index contributed by atoms with van der Waals surface area (Å²) in [5.74, 6) is 0.870. The topological polar surface area (TPSA) is 83.8 Å². The van der Waals surface area contributed by atoms with E-state index in [2.05, 4.69) is 15.3 Å². The predicted octanol–water partition coefficient (Wildman–Crippen LogP) is 3.06. The summed E-state index contributed by atoms with van der Waals surface area (Å²) in [6, 6.07) is 4.98. The highest BCUT2D eigenvalue weighted by Crippen LogP contribution is 2.30. The van der Waals surface area contributed by atoms with E-state index in [-0.39, 0.29) is 16.8 Å². The first kappa shape index (κ1) is 13.1. The second-order valence-corrected chi connectivity index (χ2v) is 5.16. The third-order valence-electron chi connectivity index (χ3n) is 3.44. The normalized spacial score (nSPS) is 18.4. The molecule has 0 spiro atoms. The summed E-state index contributed by atoms with van der Waals surface area (Å²) in [5.41, 5.74) is 1.37. The molecule has 2 N–H and O–H groups in total. The molecular weight excluding hydrogens is 280 g/mol. The minimum absolute atomic E-state index is 0.0979. The summed E-state index contributed by atoms with van der Waals surface area (Å²) in [6.07, 6.45) is 3.88. The molecule has 6 nitrogen and oxygen atoms in total. The van der Waals surface area contributed by atoms with E-state index in [1.54, 1.807) is 12.3 Å². The van der Waals surface area contributed by atoms with Gasteiger partial charge < -0.3 is 10.3 Å². The minimum Gasteiger partial charge on any atom is -0.341 e. The molecule has 1 unspecified atom stereocenters. The Hall–Kier alpha value is -1.92. The Kier molecular flexibility index (Phi) is 3.42. The van der Waals surface area contributed by atoms with Gasteiger partial charge in [0.1, 0.15) is 10.8 Å². The van der Waals surface area contributed by atoms with Gasteiger partial charge in [0, 0.05) is 11.6 Å². The highest BCUT2D eigenvalue weighted by Gasteiger charge is 2.20. The first-order chi connectivity index (χ1) is 9.65. The molecule has 0 saturated carbocycles. The van der Waals surface area contributed by atoms with Gasteiger partial charge in [0.25, 0.3) is 5.69 Å². The van der Waals surface area contributed by atoms with Crippen LogP contribution in [0.5, 0.6) is 0 Å². The third-order valence-corrected chi connectivity index (χ3v) is 3.76. The molecule has 2 heterocycles. The van der Waals surface area contributed by atoms with Crippen LogP contribution in [0.1, 0.15) is 24.7 Å². The van der Waals surface area contributed by atoms with Crippen molar-refractivity contribution < 1.29 is 4.92 Å². The van der Waals surface area contributed by atoms with Gasteiger partial charge >= 0.3 is 0 Å². The maximum atomic E-state index is 10.9. The van der Waals surface area contributed by atoms with E-state index < -0.39 is 4.92 Å². The molecule has 0 bridgehead atoms. The maximum absolute atomic E-state index is 10.9. The van der Waals surface area contributed by atoms with Gasteiger partial charge in [-0.15, -0.1) is 0 Å². The molecule has 1 atom stereocenters. The Bertz CT molecular complexity index is 650. The number of nitrogens with zero attached hydrogens (tertiary/aromatic N) is 2. The number of halogens is 1. The fraction of sp³-hybridized carbons (Fsp3) is 0.308. The Labute approximate surface area is 120 Å². The van der Waals surface area contributed by atoms with Crippen molar-refractivity contribution in [2.75, 3.05) is 6.54 Å². The zero-order valence-electron chi connectivity index (χ0n) is 10.6. The van der Waals surface area contributed by atoms with Gasteiger partial charge in [-0.2, -0.15) is 0 Å². The van der Waals surface area contributed by atoms with Crippen molar-refractivity contribution in [1.29, 1.82) is 0 Å². The molecule has 0 amide bonds. The smallest absolute Gasteiger partial charge is 0.288 e. The molecule has 1 aromatic carbocycles. The Morgan fingerprint density at radius 1 is 1.45 bits per heavy atom. The second-order valence-electron chi connectivity index (χ2n) is 4.75. The van der Waals surface area contributed by atoms with Crippen LogP contribution in [0.2, 0.25) is 5.02 Å². The predicted molar refractivity (Wildman–Crippen MR) is 75.7 cm³/mol.